The zero-order valence-electron chi connectivity index (χ0n) is 21.0. The lowest BCUT2D eigenvalue weighted by Crippen LogP contribution is -2.35. The minimum atomic E-state index is -3.77. The Hall–Kier alpha value is -3.24. The number of nitrogens with zero attached hydrogens (tertiary/aromatic N) is 3. The topological polar surface area (TPSA) is 114 Å². The van der Waals surface area contributed by atoms with E-state index in [0.29, 0.717) is 17.9 Å². The van der Waals surface area contributed by atoms with E-state index in [2.05, 4.69) is 15.4 Å². The SMILES string of the molecule is CCOC(=O)C(c1cn[nH]n1)C(CC)c1ccc(C)c(CN2C[C@@H](C)Oc3ccccc3S2(=O)=O)c1. The van der Waals surface area contributed by atoms with Crippen LogP contribution in [0.2, 0.25) is 0 Å². The largest absolute Gasteiger partial charge is 0.488 e. The van der Waals surface area contributed by atoms with Gasteiger partial charge in [0.15, 0.2) is 0 Å². The molecule has 2 aromatic carbocycles. The molecule has 36 heavy (non-hydrogen) atoms. The van der Waals surface area contributed by atoms with Crippen molar-refractivity contribution in [1.82, 2.24) is 19.7 Å². The van der Waals surface area contributed by atoms with Crippen LogP contribution in [0.25, 0.3) is 0 Å². The summed E-state index contributed by atoms with van der Waals surface area (Å²) in [4.78, 5) is 13.1. The number of para-hydroxylation sites is 1. The molecule has 4 rings (SSSR count). The van der Waals surface area contributed by atoms with Crippen LogP contribution in [0.1, 0.15) is 61.4 Å². The molecule has 9 nitrogen and oxygen atoms in total. The highest BCUT2D eigenvalue weighted by molar-refractivity contribution is 7.89. The van der Waals surface area contributed by atoms with Crippen molar-refractivity contribution >= 4 is 16.0 Å². The second kappa shape index (κ2) is 10.8. The predicted octanol–water partition coefficient (Wildman–Crippen LogP) is 3.93. The lowest BCUT2D eigenvalue weighted by Gasteiger charge is -2.26. The third kappa shape index (κ3) is 5.15. The molecule has 0 aliphatic carbocycles. The molecule has 3 atom stereocenters. The van der Waals surface area contributed by atoms with Gasteiger partial charge < -0.3 is 9.47 Å². The van der Waals surface area contributed by atoms with Gasteiger partial charge in [-0.25, -0.2) is 8.42 Å². The summed E-state index contributed by atoms with van der Waals surface area (Å²) in [5.41, 5.74) is 3.25. The minimum Gasteiger partial charge on any atom is -0.488 e. The Bertz CT molecular complexity index is 1310. The molecule has 1 aromatic heterocycles. The van der Waals surface area contributed by atoms with Gasteiger partial charge in [0.05, 0.1) is 25.0 Å². The molecule has 1 aliphatic rings. The number of hydrogen-bond acceptors (Lipinski definition) is 7. The van der Waals surface area contributed by atoms with Gasteiger partial charge in [0.25, 0.3) is 0 Å². The Morgan fingerprint density at radius 1 is 1.25 bits per heavy atom. The van der Waals surface area contributed by atoms with Crippen LogP contribution in [0.5, 0.6) is 5.75 Å². The fourth-order valence-corrected chi connectivity index (χ4v) is 6.33. The Labute approximate surface area is 211 Å². The number of carbonyl (C=O) groups excluding carboxylic acids is 1. The van der Waals surface area contributed by atoms with Gasteiger partial charge in [-0.1, -0.05) is 37.3 Å². The first-order chi connectivity index (χ1) is 17.3. The van der Waals surface area contributed by atoms with Crippen LogP contribution in [0, 0.1) is 6.92 Å². The number of hydrogen-bond donors (Lipinski definition) is 1. The Kier molecular flexibility index (Phi) is 7.75. The van der Waals surface area contributed by atoms with Crippen LogP contribution in [-0.2, 0) is 26.1 Å². The van der Waals surface area contributed by atoms with E-state index in [0.717, 1.165) is 16.7 Å². The molecule has 0 fully saturated rings. The van der Waals surface area contributed by atoms with E-state index >= 15 is 0 Å². The summed E-state index contributed by atoms with van der Waals surface area (Å²) in [6.07, 6.45) is 1.89. The second-order valence-corrected chi connectivity index (χ2v) is 10.9. The van der Waals surface area contributed by atoms with E-state index in [1.165, 1.54) is 4.31 Å². The van der Waals surface area contributed by atoms with Crippen molar-refractivity contribution in [2.24, 2.45) is 0 Å². The second-order valence-electron chi connectivity index (χ2n) is 9.00. The summed E-state index contributed by atoms with van der Waals surface area (Å²) < 4.78 is 39.8. The van der Waals surface area contributed by atoms with Gasteiger partial charge in [-0.15, -0.1) is 0 Å². The van der Waals surface area contributed by atoms with Gasteiger partial charge >= 0.3 is 5.97 Å². The first kappa shape index (κ1) is 25.8. The van der Waals surface area contributed by atoms with Gasteiger partial charge in [0, 0.05) is 12.5 Å². The number of aromatic nitrogens is 3. The third-order valence-electron chi connectivity index (χ3n) is 6.54. The summed E-state index contributed by atoms with van der Waals surface area (Å²) in [5, 5.41) is 10.6. The van der Waals surface area contributed by atoms with Crippen molar-refractivity contribution in [2.45, 2.75) is 63.5 Å². The number of sulfonamides is 1. The minimum absolute atomic E-state index is 0.169. The normalized spacial score (nSPS) is 18.9. The quantitative estimate of drug-likeness (QED) is 0.455. The molecule has 3 aromatic rings. The van der Waals surface area contributed by atoms with Gasteiger partial charge in [0.1, 0.15) is 22.7 Å². The first-order valence-corrected chi connectivity index (χ1v) is 13.6. The van der Waals surface area contributed by atoms with E-state index in [-0.39, 0.29) is 42.6 Å². The molecule has 192 valence electrons. The van der Waals surface area contributed by atoms with E-state index in [1.807, 2.05) is 39.0 Å². The van der Waals surface area contributed by atoms with Gasteiger partial charge in [-0.05, 0) is 56.0 Å². The number of aryl methyl sites for hydroxylation is 1. The maximum atomic E-state index is 13.6. The molecule has 0 spiro atoms. The summed E-state index contributed by atoms with van der Waals surface area (Å²) in [7, 11) is -3.77. The zero-order valence-corrected chi connectivity index (χ0v) is 21.8. The highest BCUT2D eigenvalue weighted by Gasteiger charge is 2.35. The molecule has 0 amide bonds. The molecule has 2 heterocycles. The molecule has 0 radical (unpaired) electrons. The predicted molar refractivity (Wildman–Crippen MR) is 134 cm³/mol. The first-order valence-electron chi connectivity index (χ1n) is 12.1. The summed E-state index contributed by atoms with van der Waals surface area (Å²) in [6.45, 7) is 8.27. The number of nitrogens with one attached hydrogen (secondary N) is 1. The average molecular weight is 513 g/mol. The number of H-pyrrole nitrogens is 1. The number of ether oxygens (including phenoxy) is 2. The van der Waals surface area contributed by atoms with Crippen molar-refractivity contribution in [3.63, 3.8) is 0 Å². The highest BCUT2D eigenvalue weighted by Crippen LogP contribution is 2.37. The molecular formula is C26H32N4O5S. The number of benzene rings is 2. The van der Waals surface area contributed by atoms with Crippen LogP contribution in [-0.4, -0.2) is 53.4 Å². The number of rotatable bonds is 8. The van der Waals surface area contributed by atoms with Crippen molar-refractivity contribution < 1.29 is 22.7 Å². The van der Waals surface area contributed by atoms with E-state index < -0.39 is 15.9 Å². The van der Waals surface area contributed by atoms with Crippen molar-refractivity contribution in [1.29, 1.82) is 0 Å². The molecule has 10 heteroatoms. The van der Waals surface area contributed by atoms with E-state index in [9.17, 15) is 13.2 Å². The van der Waals surface area contributed by atoms with Crippen LogP contribution in [0.4, 0.5) is 0 Å². The van der Waals surface area contributed by atoms with Crippen LogP contribution in [0.3, 0.4) is 0 Å². The number of carbonyl (C=O) groups is 1. The average Bonchev–Trinajstić information content (AvgIpc) is 3.35. The van der Waals surface area contributed by atoms with Crippen LogP contribution >= 0.6 is 0 Å². The molecule has 0 saturated heterocycles. The Morgan fingerprint density at radius 3 is 2.72 bits per heavy atom. The van der Waals surface area contributed by atoms with Gasteiger partial charge in [0.2, 0.25) is 10.0 Å². The van der Waals surface area contributed by atoms with E-state index in [1.54, 1.807) is 37.4 Å². The maximum Gasteiger partial charge on any atom is 0.315 e. The van der Waals surface area contributed by atoms with E-state index in [4.69, 9.17) is 9.47 Å². The summed E-state index contributed by atoms with van der Waals surface area (Å²) in [6, 6.07) is 12.7. The monoisotopic (exact) mass is 512 g/mol. The highest BCUT2D eigenvalue weighted by atomic mass is 32.2. The van der Waals surface area contributed by atoms with Crippen LogP contribution < -0.4 is 4.74 Å². The van der Waals surface area contributed by atoms with Crippen molar-refractivity contribution in [3.8, 4) is 5.75 Å². The lowest BCUT2D eigenvalue weighted by molar-refractivity contribution is -0.145. The standard InChI is InChI=1S/C26H32N4O5S/c1-5-21(25(26(31)34-6-2)22-14-27-29-28-22)19-12-11-17(3)20(13-19)16-30-15-18(4)35-23-9-7-8-10-24(23)36(30,32)33/h7-14,18,21,25H,5-6,15-16H2,1-4H3,(H,27,28,29)/t18-,21?,25?/m1/s1. The number of fused-ring (bicyclic) bond motifs is 1. The molecule has 2 unspecified atom stereocenters. The van der Waals surface area contributed by atoms with Gasteiger partial charge in [-0.2, -0.15) is 19.7 Å². The fraction of sp³-hybridized carbons (Fsp3) is 0.423. The summed E-state index contributed by atoms with van der Waals surface area (Å²) in [5.74, 6) is -0.851. The molecule has 0 bridgehead atoms. The number of esters is 1. The zero-order chi connectivity index (χ0) is 25.9. The smallest absolute Gasteiger partial charge is 0.315 e. The van der Waals surface area contributed by atoms with Crippen molar-refractivity contribution in [3.05, 3.63) is 71.0 Å². The molecule has 1 aliphatic heterocycles. The Morgan fingerprint density at radius 2 is 2.03 bits per heavy atom. The summed E-state index contributed by atoms with van der Waals surface area (Å²) >= 11 is 0. The number of aromatic amines is 1. The van der Waals surface area contributed by atoms with Crippen molar-refractivity contribution in [2.75, 3.05) is 13.2 Å². The fourth-order valence-electron chi connectivity index (χ4n) is 4.72. The Balaban J connectivity index is 1.70. The molecule has 0 saturated carbocycles. The van der Waals surface area contributed by atoms with Crippen LogP contribution in [0.15, 0.2) is 53.6 Å². The van der Waals surface area contributed by atoms with Gasteiger partial charge in [-0.3, -0.25) is 4.79 Å². The maximum absolute atomic E-state index is 13.6. The molecule has 1 N–H and O–H groups in total. The lowest BCUT2D eigenvalue weighted by atomic mass is 9.81. The molecular weight excluding hydrogens is 480 g/mol. The third-order valence-corrected chi connectivity index (χ3v) is 8.39.